The lowest BCUT2D eigenvalue weighted by Gasteiger charge is -2.16. The number of nitriles is 2. The number of nitrogens with zero attached hydrogens (tertiary/aromatic N) is 8. The molecule has 8 heteroatoms. The van der Waals surface area contributed by atoms with Crippen molar-refractivity contribution in [1.29, 1.82) is 10.5 Å². The van der Waals surface area contributed by atoms with Gasteiger partial charge in [-0.15, -0.1) is 0 Å². The molecule has 8 rings (SSSR count). The van der Waals surface area contributed by atoms with Crippen LogP contribution in [0.3, 0.4) is 0 Å². The molecule has 0 fully saturated rings. The molecule has 0 saturated carbocycles. The van der Waals surface area contributed by atoms with Gasteiger partial charge in [0.25, 0.3) is 0 Å². The van der Waals surface area contributed by atoms with E-state index in [1.54, 1.807) is 0 Å². The summed E-state index contributed by atoms with van der Waals surface area (Å²) in [6, 6.07) is 43.2. The molecule has 5 aromatic carbocycles. The summed E-state index contributed by atoms with van der Waals surface area (Å²) in [6.07, 6.45) is 0. The molecule has 212 valence electrons. The SMILES string of the molecule is N#Cc1nc2c(nc1C#N)c1c(-c3ccccc3)nc(-c3ccccc3)nc1c1nc(-c3ccccc3)nc(-c3ccccc3)c12. The zero-order valence-corrected chi connectivity index (χ0v) is 24.1. The van der Waals surface area contributed by atoms with E-state index in [1.807, 2.05) is 121 Å². The number of aromatic nitrogens is 6. The summed E-state index contributed by atoms with van der Waals surface area (Å²) in [5.74, 6) is 1.02. The van der Waals surface area contributed by atoms with Crippen LogP contribution >= 0.6 is 0 Å². The number of fused-ring (bicyclic) bond motifs is 6. The minimum Gasteiger partial charge on any atom is -0.232 e. The summed E-state index contributed by atoms with van der Waals surface area (Å²) in [4.78, 5) is 30.0. The van der Waals surface area contributed by atoms with Crippen LogP contribution in [0.25, 0.3) is 78.1 Å². The van der Waals surface area contributed by atoms with Crippen LogP contribution < -0.4 is 0 Å². The molecular formula is C38H20N8. The molecule has 0 spiro atoms. The predicted molar refractivity (Wildman–Crippen MR) is 177 cm³/mol. The number of benzene rings is 5. The number of hydrogen-bond acceptors (Lipinski definition) is 8. The molecule has 8 aromatic rings. The standard InChI is InChI=1S/C38H20N8/c39-21-27-28(22-40)42-34-30-32(24-15-7-2-8-16-24)44-38(26-19-11-4-12-20-26)46-36(30)35-29(33(34)41-27)31(23-13-5-1-6-14-23)43-37(45-35)25-17-9-3-10-18-25/h1-20H. The topological polar surface area (TPSA) is 125 Å². The monoisotopic (exact) mass is 588 g/mol. The van der Waals surface area contributed by atoms with Crippen molar-refractivity contribution in [2.24, 2.45) is 0 Å². The molecule has 0 aliphatic rings. The fraction of sp³-hybridized carbons (Fsp3) is 0. The van der Waals surface area contributed by atoms with Crippen LogP contribution in [0.1, 0.15) is 11.4 Å². The van der Waals surface area contributed by atoms with Gasteiger partial charge in [0.15, 0.2) is 23.0 Å². The van der Waals surface area contributed by atoms with Gasteiger partial charge in [0.1, 0.15) is 34.2 Å². The van der Waals surface area contributed by atoms with Crippen molar-refractivity contribution in [2.75, 3.05) is 0 Å². The lowest BCUT2D eigenvalue weighted by atomic mass is 9.98. The fourth-order valence-corrected chi connectivity index (χ4v) is 5.70. The summed E-state index contributed by atoms with van der Waals surface area (Å²) >= 11 is 0. The highest BCUT2D eigenvalue weighted by Crippen LogP contribution is 2.41. The van der Waals surface area contributed by atoms with E-state index in [-0.39, 0.29) is 11.4 Å². The molecule has 0 bridgehead atoms. The summed E-state index contributed by atoms with van der Waals surface area (Å²) in [5.41, 5.74) is 6.25. The largest absolute Gasteiger partial charge is 0.232 e. The molecule has 0 amide bonds. The molecule has 0 radical (unpaired) electrons. The molecule has 0 unspecified atom stereocenters. The molecule has 3 heterocycles. The Hall–Kier alpha value is -6.90. The highest BCUT2D eigenvalue weighted by atomic mass is 15.0. The lowest BCUT2D eigenvalue weighted by Crippen LogP contribution is -2.04. The highest BCUT2D eigenvalue weighted by molar-refractivity contribution is 6.26. The third-order valence-electron chi connectivity index (χ3n) is 7.78. The van der Waals surface area contributed by atoms with E-state index < -0.39 is 0 Å². The minimum absolute atomic E-state index is 0.0788. The van der Waals surface area contributed by atoms with Crippen LogP contribution in [0.4, 0.5) is 0 Å². The van der Waals surface area contributed by atoms with Crippen molar-refractivity contribution in [2.45, 2.75) is 0 Å². The smallest absolute Gasteiger partial charge is 0.177 e. The van der Waals surface area contributed by atoms with Crippen molar-refractivity contribution in [1.82, 2.24) is 29.9 Å². The quantitative estimate of drug-likeness (QED) is 0.190. The maximum absolute atomic E-state index is 10.0. The van der Waals surface area contributed by atoms with Crippen LogP contribution in [0.5, 0.6) is 0 Å². The van der Waals surface area contributed by atoms with Crippen molar-refractivity contribution in [3.05, 3.63) is 133 Å². The van der Waals surface area contributed by atoms with E-state index in [0.717, 1.165) is 22.3 Å². The molecule has 46 heavy (non-hydrogen) atoms. The third kappa shape index (κ3) is 4.38. The van der Waals surface area contributed by atoms with Gasteiger partial charge in [0, 0.05) is 22.3 Å². The van der Waals surface area contributed by atoms with E-state index >= 15 is 0 Å². The van der Waals surface area contributed by atoms with Gasteiger partial charge in [-0.3, -0.25) is 0 Å². The summed E-state index contributed by atoms with van der Waals surface area (Å²) in [7, 11) is 0. The van der Waals surface area contributed by atoms with Crippen LogP contribution in [-0.2, 0) is 0 Å². The summed E-state index contributed by atoms with van der Waals surface area (Å²) < 4.78 is 0. The second kappa shape index (κ2) is 11.0. The van der Waals surface area contributed by atoms with Gasteiger partial charge in [0.2, 0.25) is 0 Å². The zero-order chi connectivity index (χ0) is 31.0. The summed E-state index contributed by atoms with van der Waals surface area (Å²) in [6.45, 7) is 0. The number of hydrogen-bond donors (Lipinski definition) is 0. The maximum Gasteiger partial charge on any atom is 0.177 e. The van der Waals surface area contributed by atoms with Crippen molar-refractivity contribution < 1.29 is 0 Å². The van der Waals surface area contributed by atoms with Crippen LogP contribution in [0, 0.1) is 22.7 Å². The van der Waals surface area contributed by atoms with Crippen molar-refractivity contribution >= 4 is 32.8 Å². The molecule has 0 saturated heterocycles. The first-order valence-corrected chi connectivity index (χ1v) is 14.5. The van der Waals surface area contributed by atoms with Gasteiger partial charge in [0.05, 0.1) is 22.2 Å². The Bertz CT molecular complexity index is 2340. The zero-order valence-electron chi connectivity index (χ0n) is 24.1. The van der Waals surface area contributed by atoms with Gasteiger partial charge in [-0.1, -0.05) is 121 Å². The Morgan fingerprint density at radius 3 is 0.978 bits per heavy atom. The van der Waals surface area contributed by atoms with Crippen LogP contribution in [-0.4, -0.2) is 29.9 Å². The van der Waals surface area contributed by atoms with Gasteiger partial charge in [-0.2, -0.15) is 10.5 Å². The Kier molecular flexibility index (Phi) is 6.38. The first-order chi connectivity index (χ1) is 22.7. The van der Waals surface area contributed by atoms with E-state index in [1.165, 1.54) is 0 Å². The van der Waals surface area contributed by atoms with Gasteiger partial charge < -0.3 is 0 Å². The highest BCUT2D eigenvalue weighted by Gasteiger charge is 2.25. The van der Waals surface area contributed by atoms with Crippen LogP contribution in [0.2, 0.25) is 0 Å². The minimum atomic E-state index is -0.0788. The van der Waals surface area contributed by atoms with E-state index in [0.29, 0.717) is 55.9 Å². The Morgan fingerprint density at radius 1 is 0.348 bits per heavy atom. The maximum atomic E-state index is 10.0. The van der Waals surface area contributed by atoms with Crippen molar-refractivity contribution in [3.8, 4) is 57.4 Å². The molecule has 0 aliphatic carbocycles. The van der Waals surface area contributed by atoms with Crippen LogP contribution in [0.15, 0.2) is 121 Å². The van der Waals surface area contributed by atoms with E-state index in [2.05, 4.69) is 12.1 Å². The second-order valence-electron chi connectivity index (χ2n) is 10.5. The Labute approximate surface area is 263 Å². The van der Waals surface area contributed by atoms with E-state index in [4.69, 9.17) is 29.9 Å². The lowest BCUT2D eigenvalue weighted by molar-refractivity contribution is 1.18. The molecule has 8 nitrogen and oxygen atoms in total. The Balaban J connectivity index is 1.67. The fourth-order valence-electron chi connectivity index (χ4n) is 5.70. The first kappa shape index (κ1) is 26.7. The number of rotatable bonds is 4. The molecule has 0 N–H and O–H groups in total. The normalized spacial score (nSPS) is 11.0. The average molecular weight is 589 g/mol. The Morgan fingerprint density at radius 2 is 0.652 bits per heavy atom. The van der Waals surface area contributed by atoms with E-state index in [9.17, 15) is 10.5 Å². The van der Waals surface area contributed by atoms with Gasteiger partial charge in [-0.25, -0.2) is 29.9 Å². The summed E-state index contributed by atoms with van der Waals surface area (Å²) in [5, 5.41) is 21.2. The molecule has 0 aliphatic heterocycles. The first-order valence-electron chi connectivity index (χ1n) is 14.5. The molecule has 3 aromatic heterocycles. The van der Waals surface area contributed by atoms with Crippen molar-refractivity contribution in [3.63, 3.8) is 0 Å². The molecule has 0 atom stereocenters. The second-order valence-corrected chi connectivity index (χ2v) is 10.5. The van der Waals surface area contributed by atoms with Gasteiger partial charge >= 0.3 is 0 Å². The average Bonchev–Trinajstić information content (AvgIpc) is 3.14. The van der Waals surface area contributed by atoms with Gasteiger partial charge in [-0.05, 0) is 0 Å². The molecular weight excluding hydrogens is 568 g/mol. The third-order valence-corrected chi connectivity index (χ3v) is 7.78. The predicted octanol–water partition coefficient (Wildman–Crippen LogP) is 7.93.